The van der Waals surface area contributed by atoms with Gasteiger partial charge in [-0.25, -0.2) is 9.37 Å². The summed E-state index contributed by atoms with van der Waals surface area (Å²) in [7, 11) is 0. The number of nitrogens with one attached hydrogen (secondary N) is 1. The molecule has 0 fully saturated rings. The van der Waals surface area contributed by atoms with Crippen molar-refractivity contribution in [3.05, 3.63) is 34.7 Å². The Morgan fingerprint density at radius 1 is 1.30 bits per heavy atom. The molecule has 0 amide bonds. The molecule has 0 radical (unpaired) electrons. The maximum Gasteiger partial charge on any atom is 0.433 e. The van der Waals surface area contributed by atoms with Gasteiger partial charge in [-0.3, -0.25) is 0 Å². The molecule has 0 spiro atoms. The van der Waals surface area contributed by atoms with E-state index < -0.39 is 17.7 Å². The van der Waals surface area contributed by atoms with E-state index in [1.807, 2.05) is 6.92 Å². The van der Waals surface area contributed by atoms with Gasteiger partial charge in [0.2, 0.25) is 0 Å². The Hall–Kier alpha value is -1.56. The molecule has 1 N–H and O–H groups in total. The van der Waals surface area contributed by atoms with Crippen LogP contribution in [0, 0.1) is 5.82 Å². The number of aromatic nitrogens is 1. The summed E-state index contributed by atoms with van der Waals surface area (Å²) in [6.45, 7) is 2.35. The van der Waals surface area contributed by atoms with Gasteiger partial charge in [0.1, 0.15) is 11.2 Å². The van der Waals surface area contributed by atoms with Crippen LogP contribution in [0.4, 0.5) is 23.2 Å². The fraction of sp³-hybridized carbons (Fsp3) is 0.308. The molecule has 20 heavy (non-hydrogen) atoms. The highest BCUT2D eigenvalue weighted by Crippen LogP contribution is 2.35. The Balaban J connectivity index is 2.71. The minimum absolute atomic E-state index is 0.194. The maximum absolute atomic E-state index is 13.9. The van der Waals surface area contributed by atoms with Crippen LogP contribution in [0.3, 0.4) is 0 Å². The first-order valence-electron chi connectivity index (χ1n) is 5.94. The van der Waals surface area contributed by atoms with E-state index in [1.165, 1.54) is 12.1 Å². The normalized spacial score (nSPS) is 11.9. The summed E-state index contributed by atoms with van der Waals surface area (Å²) in [6, 6.07) is 3.63. The fourth-order valence-electron chi connectivity index (χ4n) is 1.78. The molecule has 0 atom stereocenters. The molecule has 0 saturated carbocycles. The Kier molecular flexibility index (Phi) is 4.04. The van der Waals surface area contributed by atoms with E-state index >= 15 is 0 Å². The highest BCUT2D eigenvalue weighted by atomic mass is 35.5. The Bertz CT molecular complexity index is 640. The third-order valence-corrected chi connectivity index (χ3v) is 3.02. The maximum atomic E-state index is 13.9. The van der Waals surface area contributed by atoms with Crippen molar-refractivity contribution < 1.29 is 17.6 Å². The van der Waals surface area contributed by atoms with Crippen molar-refractivity contribution in [2.75, 3.05) is 11.9 Å². The number of hydrogen-bond acceptors (Lipinski definition) is 2. The topological polar surface area (TPSA) is 24.9 Å². The highest BCUT2D eigenvalue weighted by Gasteiger charge is 2.33. The number of anilines is 1. The molecule has 108 valence electrons. The van der Waals surface area contributed by atoms with Gasteiger partial charge >= 0.3 is 6.18 Å². The third-order valence-electron chi connectivity index (χ3n) is 2.73. The number of alkyl halides is 3. The zero-order valence-electron chi connectivity index (χ0n) is 10.5. The average molecular weight is 307 g/mol. The van der Waals surface area contributed by atoms with E-state index in [0.717, 1.165) is 12.5 Å². The van der Waals surface area contributed by atoms with Gasteiger partial charge in [-0.15, -0.1) is 0 Å². The van der Waals surface area contributed by atoms with Gasteiger partial charge in [0.05, 0.1) is 5.02 Å². The van der Waals surface area contributed by atoms with E-state index in [4.69, 9.17) is 11.6 Å². The van der Waals surface area contributed by atoms with E-state index in [2.05, 4.69) is 10.3 Å². The largest absolute Gasteiger partial charge is 0.433 e. The van der Waals surface area contributed by atoms with E-state index in [1.54, 1.807) is 0 Å². The molecule has 7 heteroatoms. The number of benzene rings is 1. The minimum atomic E-state index is -4.65. The summed E-state index contributed by atoms with van der Waals surface area (Å²) in [6.07, 6.45) is -3.92. The minimum Gasteiger partial charge on any atom is -0.384 e. The molecule has 2 rings (SSSR count). The van der Waals surface area contributed by atoms with E-state index in [0.29, 0.717) is 6.54 Å². The van der Waals surface area contributed by atoms with Crippen molar-refractivity contribution >= 4 is 28.2 Å². The van der Waals surface area contributed by atoms with Crippen molar-refractivity contribution in [3.63, 3.8) is 0 Å². The molecule has 0 aliphatic carbocycles. The first-order chi connectivity index (χ1) is 9.34. The van der Waals surface area contributed by atoms with E-state index in [-0.39, 0.29) is 21.6 Å². The van der Waals surface area contributed by atoms with Gasteiger partial charge in [-0.05, 0) is 24.6 Å². The SMILES string of the molecule is CCCNc1cc(C(F)(F)F)nc2c(F)c(Cl)ccc12. The predicted octanol–water partition coefficient (Wildman–Crippen LogP) is 4.87. The summed E-state index contributed by atoms with van der Waals surface area (Å²) in [5.74, 6) is -0.949. The lowest BCUT2D eigenvalue weighted by Crippen LogP contribution is -2.11. The van der Waals surface area contributed by atoms with Crippen LogP contribution in [0.15, 0.2) is 18.2 Å². The number of fused-ring (bicyclic) bond motifs is 1. The smallest absolute Gasteiger partial charge is 0.384 e. The lowest BCUT2D eigenvalue weighted by atomic mass is 10.1. The van der Waals surface area contributed by atoms with Gasteiger partial charge in [-0.2, -0.15) is 13.2 Å². The summed E-state index contributed by atoms with van der Waals surface area (Å²) < 4.78 is 52.3. The molecule has 0 aliphatic heterocycles. The molecular weight excluding hydrogens is 296 g/mol. The van der Waals surface area contributed by atoms with Gasteiger partial charge in [0.15, 0.2) is 5.82 Å². The molecule has 1 aromatic carbocycles. The van der Waals surface area contributed by atoms with Crippen molar-refractivity contribution in [1.82, 2.24) is 4.98 Å². The van der Waals surface area contributed by atoms with E-state index in [9.17, 15) is 17.6 Å². The van der Waals surface area contributed by atoms with Gasteiger partial charge in [0.25, 0.3) is 0 Å². The zero-order chi connectivity index (χ0) is 14.9. The molecule has 1 heterocycles. The van der Waals surface area contributed by atoms with Gasteiger partial charge in [0, 0.05) is 17.6 Å². The standard InChI is InChI=1S/C13H11ClF4N2/c1-2-5-19-9-6-10(13(16,17)18)20-12-7(9)3-4-8(14)11(12)15/h3-4,6H,2,5H2,1H3,(H,19,20). The molecule has 1 aromatic heterocycles. The monoisotopic (exact) mass is 306 g/mol. The second kappa shape index (κ2) is 5.44. The molecule has 2 aromatic rings. The van der Waals surface area contributed by atoms with Crippen LogP contribution in [0.2, 0.25) is 5.02 Å². The lowest BCUT2D eigenvalue weighted by Gasteiger charge is -2.13. The zero-order valence-corrected chi connectivity index (χ0v) is 11.2. The molecular formula is C13H11ClF4N2. The van der Waals surface area contributed by atoms with Crippen molar-refractivity contribution in [1.29, 1.82) is 0 Å². The fourth-order valence-corrected chi connectivity index (χ4v) is 1.94. The van der Waals surface area contributed by atoms with Gasteiger partial charge in [-0.1, -0.05) is 18.5 Å². The van der Waals surface area contributed by atoms with Crippen LogP contribution in [-0.4, -0.2) is 11.5 Å². The van der Waals surface area contributed by atoms with Crippen molar-refractivity contribution in [2.24, 2.45) is 0 Å². The van der Waals surface area contributed by atoms with Crippen LogP contribution in [0.25, 0.3) is 10.9 Å². The van der Waals surface area contributed by atoms with Gasteiger partial charge < -0.3 is 5.32 Å². The number of halogens is 5. The second-order valence-electron chi connectivity index (χ2n) is 4.24. The lowest BCUT2D eigenvalue weighted by molar-refractivity contribution is -0.140. The highest BCUT2D eigenvalue weighted by molar-refractivity contribution is 6.31. The Morgan fingerprint density at radius 2 is 2.00 bits per heavy atom. The summed E-state index contributed by atoms with van der Waals surface area (Å²) in [5, 5.41) is 2.86. The Labute approximate surface area is 117 Å². The van der Waals surface area contributed by atoms with Crippen molar-refractivity contribution in [2.45, 2.75) is 19.5 Å². The van der Waals surface area contributed by atoms with Crippen LogP contribution in [0.5, 0.6) is 0 Å². The van der Waals surface area contributed by atoms with Crippen LogP contribution in [0.1, 0.15) is 19.0 Å². The first kappa shape index (κ1) is 14.8. The predicted molar refractivity (Wildman–Crippen MR) is 70.5 cm³/mol. The molecule has 0 unspecified atom stereocenters. The quantitative estimate of drug-likeness (QED) is 0.818. The number of pyridine rings is 1. The number of hydrogen-bond donors (Lipinski definition) is 1. The molecule has 2 nitrogen and oxygen atoms in total. The van der Waals surface area contributed by atoms with Crippen LogP contribution in [-0.2, 0) is 6.18 Å². The number of rotatable bonds is 3. The molecule has 0 aliphatic rings. The van der Waals surface area contributed by atoms with Crippen LogP contribution < -0.4 is 5.32 Å². The second-order valence-corrected chi connectivity index (χ2v) is 4.64. The summed E-state index contributed by atoms with van der Waals surface area (Å²) in [5.41, 5.74) is -1.34. The molecule has 0 bridgehead atoms. The average Bonchev–Trinajstić information content (AvgIpc) is 2.39. The van der Waals surface area contributed by atoms with Crippen molar-refractivity contribution in [3.8, 4) is 0 Å². The third kappa shape index (κ3) is 2.80. The summed E-state index contributed by atoms with van der Waals surface area (Å²) >= 11 is 5.59. The Morgan fingerprint density at radius 3 is 2.60 bits per heavy atom. The molecule has 0 saturated heterocycles. The summed E-state index contributed by atoms with van der Waals surface area (Å²) in [4.78, 5) is 3.35. The first-order valence-corrected chi connectivity index (χ1v) is 6.32. The van der Waals surface area contributed by atoms with Crippen LogP contribution >= 0.6 is 11.6 Å². The number of nitrogens with zero attached hydrogens (tertiary/aromatic N) is 1.